The highest BCUT2D eigenvalue weighted by Crippen LogP contribution is 2.30. The molecule has 0 aliphatic heterocycles. The Labute approximate surface area is 174 Å². The molecule has 2 aromatic carbocycles. The number of hydrogen-bond donors (Lipinski definition) is 0. The van der Waals surface area contributed by atoms with E-state index in [1.165, 1.54) is 7.11 Å². The van der Waals surface area contributed by atoms with Crippen LogP contribution in [-0.4, -0.2) is 14.2 Å². The molecule has 0 saturated heterocycles. The summed E-state index contributed by atoms with van der Waals surface area (Å²) in [5, 5.41) is 37.8. The van der Waals surface area contributed by atoms with Crippen LogP contribution in [0.4, 0.5) is 0 Å². The van der Waals surface area contributed by atoms with Crippen molar-refractivity contribution in [2.45, 2.75) is 0 Å². The fourth-order valence-electron chi connectivity index (χ4n) is 2.50. The van der Waals surface area contributed by atoms with E-state index in [1.807, 2.05) is 12.1 Å². The lowest BCUT2D eigenvalue weighted by atomic mass is 9.90. The van der Waals surface area contributed by atoms with Crippen LogP contribution in [0.5, 0.6) is 11.5 Å². The predicted octanol–water partition coefficient (Wildman–Crippen LogP) is 3.90. The first-order valence-corrected chi connectivity index (χ1v) is 8.51. The number of nitrogens with zero attached hydrogens (tertiary/aromatic N) is 4. The van der Waals surface area contributed by atoms with Gasteiger partial charge < -0.3 is 9.47 Å². The quantitative estimate of drug-likeness (QED) is 0.444. The van der Waals surface area contributed by atoms with Gasteiger partial charge in [-0.3, -0.25) is 0 Å². The zero-order valence-electron chi connectivity index (χ0n) is 16.2. The minimum atomic E-state index is -0.301. The molecule has 0 aliphatic rings. The zero-order valence-corrected chi connectivity index (χ0v) is 16.2. The van der Waals surface area contributed by atoms with E-state index in [2.05, 4.69) is 11.8 Å². The third kappa shape index (κ3) is 4.85. The van der Waals surface area contributed by atoms with Crippen LogP contribution in [0.2, 0.25) is 0 Å². The van der Waals surface area contributed by atoms with Crippen LogP contribution in [0.15, 0.2) is 65.3 Å². The summed E-state index contributed by atoms with van der Waals surface area (Å²) in [4.78, 5) is 0. The smallest absolute Gasteiger partial charge is 0.145 e. The second-order valence-corrected chi connectivity index (χ2v) is 5.65. The van der Waals surface area contributed by atoms with Gasteiger partial charge in [-0.05, 0) is 42.0 Å². The van der Waals surface area contributed by atoms with Crippen LogP contribution >= 0.6 is 0 Å². The van der Waals surface area contributed by atoms with Crippen molar-refractivity contribution in [2.75, 3.05) is 14.2 Å². The molecule has 0 aromatic heterocycles. The Kier molecular flexibility index (Phi) is 7.39. The Balaban J connectivity index is 2.75. The van der Waals surface area contributed by atoms with Crippen LogP contribution in [0.1, 0.15) is 11.1 Å². The maximum Gasteiger partial charge on any atom is 0.145 e. The molecule has 142 valence electrons. The van der Waals surface area contributed by atoms with Crippen LogP contribution in [-0.2, 0) is 0 Å². The van der Waals surface area contributed by atoms with Gasteiger partial charge in [-0.1, -0.05) is 24.0 Å². The van der Waals surface area contributed by atoms with E-state index in [4.69, 9.17) is 9.47 Å². The molecule has 0 saturated carbocycles. The third-order valence-electron chi connectivity index (χ3n) is 4.00. The topological polar surface area (TPSA) is 114 Å². The normalized spacial score (nSPS) is 8.60. The number of methoxy groups -OCH3 is 2. The van der Waals surface area contributed by atoms with E-state index in [0.717, 1.165) is 0 Å². The lowest BCUT2D eigenvalue weighted by Gasteiger charge is -2.09. The molecule has 0 unspecified atom stereocenters. The van der Waals surface area contributed by atoms with Gasteiger partial charge in [-0.2, -0.15) is 21.0 Å². The predicted molar refractivity (Wildman–Crippen MR) is 109 cm³/mol. The van der Waals surface area contributed by atoms with Crippen LogP contribution in [0.25, 0.3) is 5.57 Å². The minimum Gasteiger partial charge on any atom is -0.497 e. The van der Waals surface area contributed by atoms with E-state index in [9.17, 15) is 21.0 Å². The van der Waals surface area contributed by atoms with Gasteiger partial charge in [0.15, 0.2) is 0 Å². The van der Waals surface area contributed by atoms with E-state index in [0.29, 0.717) is 22.6 Å². The van der Waals surface area contributed by atoms with Gasteiger partial charge in [0.25, 0.3) is 0 Å². The molecule has 0 amide bonds. The lowest BCUT2D eigenvalue weighted by molar-refractivity contribution is 0.414. The van der Waals surface area contributed by atoms with Crippen molar-refractivity contribution in [1.29, 1.82) is 21.0 Å². The summed E-state index contributed by atoms with van der Waals surface area (Å²) < 4.78 is 10.2. The lowest BCUT2D eigenvalue weighted by Crippen LogP contribution is -1.97. The van der Waals surface area contributed by atoms with Crippen molar-refractivity contribution in [3.05, 3.63) is 76.4 Å². The van der Waals surface area contributed by atoms with Gasteiger partial charge in [-0.15, -0.1) is 0 Å². The first-order chi connectivity index (χ1) is 14.6. The Morgan fingerprint density at radius 3 is 1.57 bits per heavy atom. The highest BCUT2D eigenvalue weighted by Gasteiger charge is 2.18. The molecule has 0 spiro atoms. The average molecular weight is 390 g/mol. The minimum absolute atomic E-state index is 0.000847. The van der Waals surface area contributed by atoms with Crippen molar-refractivity contribution in [3.63, 3.8) is 0 Å². The first kappa shape index (κ1) is 21.3. The monoisotopic (exact) mass is 390 g/mol. The van der Waals surface area contributed by atoms with Crippen molar-refractivity contribution in [1.82, 2.24) is 0 Å². The van der Waals surface area contributed by atoms with Gasteiger partial charge >= 0.3 is 0 Å². The number of nitriles is 4. The van der Waals surface area contributed by atoms with Crippen LogP contribution in [0, 0.1) is 57.2 Å². The van der Waals surface area contributed by atoms with Crippen molar-refractivity contribution >= 4 is 5.57 Å². The molecule has 0 heterocycles. The fraction of sp³-hybridized carbons (Fsp3) is 0.0833. The van der Waals surface area contributed by atoms with E-state index < -0.39 is 0 Å². The van der Waals surface area contributed by atoms with Crippen molar-refractivity contribution in [2.24, 2.45) is 0 Å². The average Bonchev–Trinajstić information content (AvgIpc) is 2.81. The standard InChI is InChI=1S/C24H14N4O2/c1-29-21-8-3-17(4-9-21)5-12-23(19(13-25)14-26)24(20(15-27)16-28)18-6-10-22(30-2)11-7-18/h3-4,6-11H,1-2H3. The SMILES string of the molecule is COc1ccc(C#CC(=C(C#N)C#N)C(=C(C#N)C#N)c2ccc(OC)cc2)cc1. The Morgan fingerprint density at radius 1 is 0.667 bits per heavy atom. The second-order valence-electron chi connectivity index (χ2n) is 5.65. The second kappa shape index (κ2) is 10.4. The molecule has 2 aromatic rings. The number of rotatable bonds is 4. The highest BCUT2D eigenvalue weighted by molar-refractivity contribution is 5.92. The van der Waals surface area contributed by atoms with Crippen LogP contribution < -0.4 is 9.47 Å². The molecule has 6 nitrogen and oxygen atoms in total. The Hall–Kier alpha value is -4.96. The van der Waals surface area contributed by atoms with E-state index in [1.54, 1.807) is 67.8 Å². The molecule has 0 N–H and O–H groups in total. The number of allylic oxidation sites excluding steroid dienone is 4. The molecule has 0 atom stereocenters. The van der Waals surface area contributed by atoms with Gasteiger partial charge in [0, 0.05) is 11.1 Å². The first-order valence-electron chi connectivity index (χ1n) is 8.51. The van der Waals surface area contributed by atoms with Crippen molar-refractivity contribution < 1.29 is 9.47 Å². The van der Waals surface area contributed by atoms with E-state index >= 15 is 0 Å². The van der Waals surface area contributed by atoms with E-state index in [-0.39, 0.29) is 22.3 Å². The Bertz CT molecular complexity index is 1200. The summed E-state index contributed by atoms with van der Waals surface area (Å²) in [6.07, 6.45) is 0. The molecule has 0 fully saturated rings. The molecule has 0 radical (unpaired) electrons. The number of hydrogen-bond acceptors (Lipinski definition) is 6. The van der Waals surface area contributed by atoms with Gasteiger partial charge in [0.2, 0.25) is 0 Å². The number of benzene rings is 2. The molecular weight excluding hydrogens is 376 g/mol. The van der Waals surface area contributed by atoms with Gasteiger partial charge in [-0.25, -0.2) is 0 Å². The van der Waals surface area contributed by atoms with Gasteiger partial charge in [0.1, 0.15) is 46.9 Å². The molecule has 6 heteroatoms. The summed E-state index contributed by atoms with van der Waals surface area (Å²) in [6, 6.07) is 20.7. The fourth-order valence-corrected chi connectivity index (χ4v) is 2.50. The summed E-state index contributed by atoms with van der Waals surface area (Å²) in [5.74, 6) is 6.91. The number of ether oxygens (including phenoxy) is 2. The summed E-state index contributed by atoms with van der Waals surface area (Å²) in [6.45, 7) is 0. The van der Waals surface area contributed by atoms with Crippen LogP contribution in [0.3, 0.4) is 0 Å². The molecular formula is C24H14N4O2. The molecule has 2 rings (SSSR count). The zero-order chi connectivity index (χ0) is 21.9. The maximum absolute atomic E-state index is 9.47. The third-order valence-corrected chi connectivity index (χ3v) is 4.00. The maximum atomic E-state index is 9.47. The summed E-state index contributed by atoms with van der Waals surface area (Å²) in [7, 11) is 3.06. The highest BCUT2D eigenvalue weighted by atomic mass is 16.5. The molecule has 30 heavy (non-hydrogen) atoms. The summed E-state index contributed by atoms with van der Waals surface area (Å²) >= 11 is 0. The molecule has 0 aliphatic carbocycles. The molecule has 0 bridgehead atoms. The summed E-state index contributed by atoms with van der Waals surface area (Å²) in [5.41, 5.74) is 0.608. The Morgan fingerprint density at radius 2 is 1.13 bits per heavy atom. The van der Waals surface area contributed by atoms with Crippen molar-refractivity contribution in [3.8, 4) is 47.6 Å². The van der Waals surface area contributed by atoms with Gasteiger partial charge in [0.05, 0.1) is 19.8 Å². The largest absolute Gasteiger partial charge is 0.497 e.